The zero-order chi connectivity index (χ0) is 36.2. The molecule has 11 nitrogen and oxygen atoms in total. The molecule has 4 aromatic carbocycles. The lowest BCUT2D eigenvalue weighted by Gasteiger charge is -2.32. The van der Waals surface area contributed by atoms with E-state index in [1.807, 2.05) is 0 Å². The Morgan fingerprint density at radius 1 is 0.904 bits per heavy atom. The number of aromatic nitrogens is 3. The first-order chi connectivity index (χ1) is 25.3. The highest BCUT2D eigenvalue weighted by Gasteiger charge is 2.20. The fourth-order valence-corrected chi connectivity index (χ4v) is 6.25. The summed E-state index contributed by atoms with van der Waals surface area (Å²) in [4.78, 5) is 40.6. The van der Waals surface area contributed by atoms with Gasteiger partial charge in [-0.25, -0.2) is 9.37 Å². The van der Waals surface area contributed by atoms with Crippen LogP contribution in [0, 0.1) is 5.82 Å². The summed E-state index contributed by atoms with van der Waals surface area (Å²) in [6, 6.07) is 22.8. The largest absolute Gasteiger partial charge is 0.493 e. The summed E-state index contributed by atoms with van der Waals surface area (Å²) < 4.78 is 34.6. The maximum Gasteiger partial charge on any atom is 0.287 e. The average Bonchev–Trinajstić information content (AvgIpc) is 3.15. The predicted molar refractivity (Wildman–Crippen MR) is 199 cm³/mol. The van der Waals surface area contributed by atoms with E-state index in [1.165, 1.54) is 16.7 Å². The number of anilines is 1. The zero-order valence-corrected chi connectivity index (χ0v) is 29.4. The van der Waals surface area contributed by atoms with Crippen molar-refractivity contribution in [2.75, 3.05) is 58.8 Å². The van der Waals surface area contributed by atoms with Crippen molar-refractivity contribution in [3.8, 4) is 28.7 Å². The summed E-state index contributed by atoms with van der Waals surface area (Å²) in [5, 5.41) is 3.70. The molecule has 0 atom stereocenters. The maximum atomic E-state index is 15.5. The minimum atomic E-state index is -0.795. The van der Waals surface area contributed by atoms with Gasteiger partial charge in [0.1, 0.15) is 5.75 Å². The lowest BCUT2D eigenvalue weighted by atomic mass is 10.1. The van der Waals surface area contributed by atoms with Gasteiger partial charge in [-0.05, 0) is 74.1 Å². The van der Waals surface area contributed by atoms with Gasteiger partial charge >= 0.3 is 0 Å². The SMILES string of the molecule is COc1cc2c(Oc3ccc(NC(=O)c4nc5ccccc5n(-c5ccc(Cl)cc5)c4=O)cc3F)ccnc2cc1OCCCN1CCN(C)CC1. The van der Waals surface area contributed by atoms with Gasteiger partial charge in [-0.15, -0.1) is 0 Å². The summed E-state index contributed by atoms with van der Waals surface area (Å²) in [5.41, 5.74) is 1.15. The van der Waals surface area contributed by atoms with E-state index < -0.39 is 17.3 Å². The summed E-state index contributed by atoms with van der Waals surface area (Å²) >= 11 is 6.07. The number of likely N-dealkylation sites (N-methyl/N-ethyl adjacent to an activating group) is 1. The van der Waals surface area contributed by atoms with Crippen LogP contribution in [0.5, 0.6) is 23.0 Å². The molecule has 266 valence electrons. The van der Waals surface area contributed by atoms with Crippen molar-refractivity contribution in [3.05, 3.63) is 118 Å². The molecule has 1 amide bonds. The van der Waals surface area contributed by atoms with Crippen LogP contribution in [0.25, 0.3) is 27.6 Å². The van der Waals surface area contributed by atoms with Gasteiger partial charge in [0, 0.05) is 72.8 Å². The summed E-state index contributed by atoms with van der Waals surface area (Å²) in [6.07, 6.45) is 2.44. The van der Waals surface area contributed by atoms with Crippen molar-refractivity contribution in [1.82, 2.24) is 24.3 Å². The number of ether oxygens (including phenoxy) is 3. The Bertz CT molecular complexity index is 2310. The number of halogens is 2. The van der Waals surface area contributed by atoms with Crippen LogP contribution in [0.1, 0.15) is 16.9 Å². The Kier molecular flexibility index (Phi) is 10.3. The van der Waals surface area contributed by atoms with E-state index in [9.17, 15) is 9.59 Å². The molecular weight excluding hydrogens is 687 g/mol. The highest BCUT2D eigenvalue weighted by molar-refractivity contribution is 6.30. The number of fused-ring (bicyclic) bond motifs is 2. The number of carbonyl (C=O) groups is 1. The van der Waals surface area contributed by atoms with Gasteiger partial charge in [-0.2, -0.15) is 0 Å². The minimum absolute atomic E-state index is 0.0809. The average molecular weight is 723 g/mol. The molecule has 0 radical (unpaired) electrons. The van der Waals surface area contributed by atoms with Gasteiger partial charge in [0.25, 0.3) is 11.5 Å². The Labute approximate surface area is 304 Å². The number of amides is 1. The predicted octanol–water partition coefficient (Wildman–Crippen LogP) is 6.80. The van der Waals surface area contributed by atoms with Crippen LogP contribution in [0.3, 0.4) is 0 Å². The maximum absolute atomic E-state index is 15.5. The fourth-order valence-electron chi connectivity index (χ4n) is 6.13. The quantitative estimate of drug-likeness (QED) is 0.145. The van der Waals surface area contributed by atoms with Gasteiger partial charge in [0.2, 0.25) is 0 Å². The molecule has 0 bridgehead atoms. The molecule has 7 rings (SSSR count). The number of nitrogens with one attached hydrogen (secondary N) is 1. The van der Waals surface area contributed by atoms with E-state index in [-0.39, 0.29) is 17.1 Å². The van der Waals surface area contributed by atoms with Crippen LogP contribution >= 0.6 is 11.6 Å². The van der Waals surface area contributed by atoms with Crippen molar-refractivity contribution in [3.63, 3.8) is 0 Å². The molecule has 2 aromatic heterocycles. The second-order valence-corrected chi connectivity index (χ2v) is 12.9. The van der Waals surface area contributed by atoms with Crippen molar-refractivity contribution in [2.45, 2.75) is 6.42 Å². The van der Waals surface area contributed by atoms with E-state index in [1.54, 1.807) is 80.0 Å². The third-order valence-electron chi connectivity index (χ3n) is 8.93. The first kappa shape index (κ1) is 34.9. The van der Waals surface area contributed by atoms with E-state index in [0.29, 0.717) is 56.5 Å². The number of pyridine rings is 1. The zero-order valence-electron chi connectivity index (χ0n) is 28.6. The molecule has 52 heavy (non-hydrogen) atoms. The third kappa shape index (κ3) is 7.54. The first-order valence-corrected chi connectivity index (χ1v) is 17.2. The molecule has 0 aliphatic carbocycles. The number of nitrogens with zero attached hydrogens (tertiary/aromatic N) is 5. The Morgan fingerprint density at radius 3 is 2.46 bits per heavy atom. The number of piperazine rings is 1. The second-order valence-electron chi connectivity index (χ2n) is 12.4. The number of carbonyl (C=O) groups excluding carboxylic acids is 1. The van der Waals surface area contributed by atoms with Crippen LogP contribution in [-0.4, -0.2) is 83.7 Å². The molecule has 13 heteroatoms. The number of rotatable bonds is 11. The van der Waals surface area contributed by atoms with E-state index >= 15 is 4.39 Å². The van der Waals surface area contributed by atoms with Crippen LogP contribution in [0.15, 0.2) is 95.9 Å². The number of para-hydroxylation sites is 2. The Balaban J connectivity index is 1.07. The van der Waals surface area contributed by atoms with Crippen molar-refractivity contribution in [1.29, 1.82) is 0 Å². The lowest BCUT2D eigenvalue weighted by Crippen LogP contribution is -2.44. The molecule has 1 saturated heterocycles. The third-order valence-corrected chi connectivity index (χ3v) is 9.18. The van der Waals surface area contributed by atoms with Crippen LogP contribution in [0.2, 0.25) is 5.02 Å². The van der Waals surface area contributed by atoms with E-state index in [2.05, 4.69) is 32.1 Å². The molecule has 3 heterocycles. The van der Waals surface area contributed by atoms with Crippen LogP contribution < -0.4 is 25.1 Å². The van der Waals surface area contributed by atoms with Gasteiger partial charge in [-0.1, -0.05) is 23.7 Å². The van der Waals surface area contributed by atoms with Crippen molar-refractivity contribution < 1.29 is 23.4 Å². The van der Waals surface area contributed by atoms with Gasteiger partial charge in [0.05, 0.1) is 30.3 Å². The standard InChI is InChI=1S/C39H36ClFN6O5/c1-45-17-19-46(20-18-45)16-5-21-51-36-24-31-28(23-35(36)50-2)33(14-15-42-31)52-34-13-10-26(22-29(34)41)43-38(48)37-39(49)47(27-11-8-25(40)9-12-27)32-7-4-3-6-30(32)44-37/h3-4,6-15,22-24H,5,16-21H2,1-2H3,(H,43,48). The van der Waals surface area contributed by atoms with Gasteiger partial charge < -0.3 is 29.3 Å². The number of hydrogen-bond acceptors (Lipinski definition) is 9. The fraction of sp³-hybridized carbons (Fsp3) is 0.231. The molecule has 1 N–H and O–H groups in total. The topological polar surface area (TPSA) is 111 Å². The summed E-state index contributed by atoms with van der Waals surface area (Å²) in [5.74, 6) is -0.200. The molecule has 1 aliphatic rings. The summed E-state index contributed by atoms with van der Waals surface area (Å²) in [6.45, 7) is 5.72. The molecule has 0 unspecified atom stereocenters. The van der Waals surface area contributed by atoms with Crippen LogP contribution in [-0.2, 0) is 0 Å². The number of methoxy groups -OCH3 is 1. The highest BCUT2D eigenvalue weighted by atomic mass is 35.5. The van der Waals surface area contributed by atoms with Crippen LogP contribution in [0.4, 0.5) is 10.1 Å². The monoisotopic (exact) mass is 722 g/mol. The Morgan fingerprint density at radius 2 is 1.69 bits per heavy atom. The Hall–Kier alpha value is -5.56. The smallest absolute Gasteiger partial charge is 0.287 e. The normalized spacial score (nSPS) is 13.7. The van der Waals surface area contributed by atoms with Crippen molar-refractivity contribution >= 4 is 45.1 Å². The van der Waals surface area contributed by atoms with E-state index in [0.717, 1.165) is 45.2 Å². The molecule has 6 aromatic rings. The van der Waals surface area contributed by atoms with E-state index in [4.69, 9.17) is 25.8 Å². The lowest BCUT2D eigenvalue weighted by molar-refractivity contribution is 0.102. The van der Waals surface area contributed by atoms with Gasteiger partial charge in [-0.3, -0.25) is 19.1 Å². The number of benzene rings is 4. The summed E-state index contributed by atoms with van der Waals surface area (Å²) in [7, 11) is 3.70. The molecule has 0 saturated carbocycles. The van der Waals surface area contributed by atoms with Gasteiger partial charge in [0.15, 0.2) is 28.8 Å². The molecular formula is C39H36ClFN6O5. The first-order valence-electron chi connectivity index (χ1n) is 16.8. The minimum Gasteiger partial charge on any atom is -0.493 e. The molecule has 1 aliphatic heterocycles. The highest BCUT2D eigenvalue weighted by Crippen LogP contribution is 2.38. The second kappa shape index (κ2) is 15.4. The van der Waals surface area contributed by atoms with Crippen molar-refractivity contribution in [2.24, 2.45) is 0 Å². The molecule has 1 fully saturated rings. The molecule has 0 spiro atoms. The number of hydrogen-bond donors (Lipinski definition) is 1.